The second-order valence-corrected chi connectivity index (χ2v) is 10.0. The molecule has 0 radical (unpaired) electrons. The number of amides is 1. The molecule has 1 aliphatic rings. The molecule has 8 heteroatoms. The van der Waals surface area contributed by atoms with Crippen LogP contribution in [0.2, 0.25) is 0 Å². The smallest absolute Gasteiger partial charge is 0.236 e. The number of carbonyl (C=O) groups excluding carboxylic acids is 1. The number of allylic oxidation sites excluding steroid dienone is 1. The zero-order chi connectivity index (χ0) is 24.8. The van der Waals surface area contributed by atoms with Crippen LogP contribution in [0.3, 0.4) is 0 Å². The fourth-order valence-corrected chi connectivity index (χ4v) is 5.20. The van der Waals surface area contributed by atoms with Gasteiger partial charge in [-0.15, -0.1) is 16.8 Å². The maximum absolute atomic E-state index is 13.1. The van der Waals surface area contributed by atoms with Gasteiger partial charge in [0.15, 0.2) is 11.0 Å². The van der Waals surface area contributed by atoms with E-state index in [1.54, 1.807) is 6.08 Å². The molecule has 0 bridgehead atoms. The first-order chi connectivity index (χ1) is 17.0. The Hall–Kier alpha value is -3.10. The van der Waals surface area contributed by atoms with E-state index in [-0.39, 0.29) is 30.0 Å². The topological polar surface area (TPSA) is 69.5 Å². The summed E-state index contributed by atoms with van der Waals surface area (Å²) in [5.41, 5.74) is 2.11. The van der Waals surface area contributed by atoms with Gasteiger partial charge in [0.1, 0.15) is 12.4 Å². The highest BCUT2D eigenvalue weighted by Gasteiger charge is 2.30. The van der Waals surface area contributed by atoms with Crippen molar-refractivity contribution in [1.82, 2.24) is 19.7 Å². The number of hydrogen-bond acceptors (Lipinski definition) is 6. The lowest BCUT2D eigenvalue weighted by Gasteiger charge is -2.36. The van der Waals surface area contributed by atoms with Crippen LogP contribution in [0.25, 0.3) is 11.1 Å². The molecule has 2 heterocycles. The third-order valence-corrected chi connectivity index (χ3v) is 6.86. The van der Waals surface area contributed by atoms with Crippen LogP contribution in [0.15, 0.2) is 72.4 Å². The Morgan fingerprint density at radius 3 is 2.54 bits per heavy atom. The molecule has 0 aliphatic carbocycles. The van der Waals surface area contributed by atoms with E-state index in [1.807, 2.05) is 72.7 Å². The average molecular weight is 493 g/mol. The summed E-state index contributed by atoms with van der Waals surface area (Å²) in [5.74, 6) is 1.54. The summed E-state index contributed by atoms with van der Waals surface area (Å²) in [6.45, 7) is 11.8. The summed E-state index contributed by atoms with van der Waals surface area (Å²) in [6, 6.07) is 18.1. The molecule has 3 aromatic rings. The Labute approximate surface area is 211 Å². The summed E-state index contributed by atoms with van der Waals surface area (Å²) in [6.07, 6.45) is 1.87. The van der Waals surface area contributed by atoms with E-state index in [2.05, 4.69) is 28.9 Å². The third kappa shape index (κ3) is 6.13. The van der Waals surface area contributed by atoms with Crippen molar-refractivity contribution in [2.75, 3.05) is 13.1 Å². The van der Waals surface area contributed by atoms with Crippen LogP contribution < -0.4 is 4.74 Å². The van der Waals surface area contributed by atoms with Crippen molar-refractivity contribution < 1.29 is 14.3 Å². The number of thioether (sulfide) groups is 1. The van der Waals surface area contributed by atoms with E-state index in [0.717, 1.165) is 16.9 Å². The number of ether oxygens (including phenoxy) is 2. The highest BCUT2D eigenvalue weighted by Crippen LogP contribution is 2.31. The molecule has 1 amide bonds. The van der Waals surface area contributed by atoms with Gasteiger partial charge in [-0.3, -0.25) is 9.36 Å². The quantitative estimate of drug-likeness (QED) is 0.315. The predicted molar refractivity (Wildman–Crippen MR) is 138 cm³/mol. The monoisotopic (exact) mass is 492 g/mol. The molecule has 1 aliphatic heterocycles. The van der Waals surface area contributed by atoms with Gasteiger partial charge in [-0.1, -0.05) is 66.4 Å². The number of hydrogen-bond donors (Lipinski definition) is 0. The van der Waals surface area contributed by atoms with Crippen LogP contribution in [0, 0.1) is 0 Å². The minimum Gasteiger partial charge on any atom is -0.485 e. The number of morpholine rings is 1. The Kier molecular flexibility index (Phi) is 8.25. The van der Waals surface area contributed by atoms with E-state index in [9.17, 15) is 4.79 Å². The molecule has 0 saturated carbocycles. The number of benzene rings is 2. The van der Waals surface area contributed by atoms with Gasteiger partial charge in [-0.05, 0) is 32.4 Å². The lowest BCUT2D eigenvalue weighted by Crippen LogP contribution is -2.50. The number of para-hydroxylation sites is 1. The molecule has 7 nitrogen and oxygen atoms in total. The molecule has 0 spiro atoms. The van der Waals surface area contributed by atoms with Crippen molar-refractivity contribution in [3.63, 3.8) is 0 Å². The Morgan fingerprint density at radius 1 is 1.14 bits per heavy atom. The van der Waals surface area contributed by atoms with E-state index < -0.39 is 0 Å². The number of aromatic nitrogens is 3. The van der Waals surface area contributed by atoms with Crippen LogP contribution in [-0.4, -0.2) is 56.1 Å². The molecule has 0 N–H and O–H groups in total. The zero-order valence-corrected chi connectivity index (χ0v) is 21.3. The average Bonchev–Trinajstić information content (AvgIpc) is 3.23. The minimum absolute atomic E-state index is 0.0341. The standard InChI is InChI=1S/C27H32N4O3S/c1-5-15-31-25(18-33-24-14-10-9-13-23(24)22-11-7-6-8-12-22)28-29-27(31)35-21(4)26(32)30-16-19(2)34-20(3)17-30/h5-14,19-21H,1,15-18H2,2-4H3/t19-,20+,21-/m0/s1. The minimum atomic E-state index is -0.298. The molecule has 1 saturated heterocycles. The lowest BCUT2D eigenvalue weighted by atomic mass is 10.1. The summed E-state index contributed by atoms with van der Waals surface area (Å²) in [4.78, 5) is 15.0. The Morgan fingerprint density at radius 2 is 1.83 bits per heavy atom. The largest absolute Gasteiger partial charge is 0.485 e. The van der Waals surface area contributed by atoms with Crippen molar-refractivity contribution in [2.45, 2.75) is 56.5 Å². The molecule has 3 atom stereocenters. The van der Waals surface area contributed by atoms with Crippen LogP contribution in [0.5, 0.6) is 5.75 Å². The van der Waals surface area contributed by atoms with Gasteiger partial charge < -0.3 is 14.4 Å². The highest BCUT2D eigenvalue weighted by atomic mass is 32.2. The summed E-state index contributed by atoms with van der Waals surface area (Å²) in [7, 11) is 0. The predicted octanol–water partition coefficient (Wildman–Crippen LogP) is 4.83. The fourth-order valence-electron chi connectivity index (χ4n) is 4.24. The van der Waals surface area contributed by atoms with Gasteiger partial charge in [0, 0.05) is 25.2 Å². The second kappa shape index (κ2) is 11.6. The van der Waals surface area contributed by atoms with E-state index >= 15 is 0 Å². The number of rotatable bonds is 9. The first-order valence-corrected chi connectivity index (χ1v) is 12.7. The molecule has 184 valence electrons. The first kappa shape index (κ1) is 25.0. The maximum Gasteiger partial charge on any atom is 0.236 e. The van der Waals surface area contributed by atoms with E-state index in [1.165, 1.54) is 11.8 Å². The molecule has 2 aromatic carbocycles. The Balaban J connectivity index is 1.47. The van der Waals surface area contributed by atoms with E-state index in [0.29, 0.717) is 30.6 Å². The Bertz CT molecular complexity index is 1140. The normalized spacial score (nSPS) is 18.8. The second-order valence-electron chi connectivity index (χ2n) is 8.71. The molecule has 4 rings (SSSR count). The number of nitrogens with zero attached hydrogens (tertiary/aromatic N) is 4. The molecular weight excluding hydrogens is 460 g/mol. The van der Waals surface area contributed by atoms with E-state index in [4.69, 9.17) is 9.47 Å². The molecular formula is C27H32N4O3S. The van der Waals surface area contributed by atoms with Crippen molar-refractivity contribution >= 4 is 17.7 Å². The van der Waals surface area contributed by atoms with Crippen LogP contribution >= 0.6 is 11.8 Å². The van der Waals surface area contributed by atoms with Crippen molar-refractivity contribution in [3.8, 4) is 16.9 Å². The van der Waals surface area contributed by atoms with Crippen LogP contribution in [0.1, 0.15) is 26.6 Å². The molecule has 1 fully saturated rings. The maximum atomic E-state index is 13.1. The van der Waals surface area contributed by atoms with Gasteiger partial charge in [0.05, 0.1) is 17.5 Å². The lowest BCUT2D eigenvalue weighted by molar-refractivity contribution is -0.142. The molecule has 1 aromatic heterocycles. The van der Waals surface area contributed by atoms with Gasteiger partial charge in [0.25, 0.3) is 0 Å². The summed E-state index contributed by atoms with van der Waals surface area (Å²) in [5, 5.41) is 9.13. The SMILES string of the molecule is C=CCn1c(COc2ccccc2-c2ccccc2)nnc1S[C@@H](C)C(=O)N1C[C@@H](C)O[C@@H](C)C1. The highest BCUT2D eigenvalue weighted by molar-refractivity contribution is 8.00. The number of carbonyl (C=O) groups is 1. The molecule has 35 heavy (non-hydrogen) atoms. The zero-order valence-electron chi connectivity index (χ0n) is 20.5. The first-order valence-electron chi connectivity index (χ1n) is 11.9. The van der Waals surface area contributed by atoms with Crippen molar-refractivity contribution in [1.29, 1.82) is 0 Å². The van der Waals surface area contributed by atoms with Gasteiger partial charge >= 0.3 is 0 Å². The van der Waals surface area contributed by atoms with Crippen molar-refractivity contribution in [2.24, 2.45) is 0 Å². The fraction of sp³-hybridized carbons (Fsp3) is 0.370. The van der Waals surface area contributed by atoms with Gasteiger partial charge in [-0.2, -0.15) is 0 Å². The van der Waals surface area contributed by atoms with Crippen LogP contribution in [0.4, 0.5) is 0 Å². The van der Waals surface area contributed by atoms with Gasteiger partial charge in [-0.25, -0.2) is 0 Å². The van der Waals surface area contributed by atoms with Gasteiger partial charge in [0.2, 0.25) is 5.91 Å². The van der Waals surface area contributed by atoms with Crippen LogP contribution in [-0.2, 0) is 22.7 Å². The van der Waals surface area contributed by atoms with Crippen molar-refractivity contribution in [3.05, 3.63) is 73.1 Å². The molecule has 0 unspecified atom stereocenters. The summed E-state index contributed by atoms with van der Waals surface area (Å²) < 4.78 is 13.9. The third-order valence-electron chi connectivity index (χ3n) is 5.79. The summed E-state index contributed by atoms with van der Waals surface area (Å²) >= 11 is 1.41.